The molecule has 0 unspecified atom stereocenters. The normalized spacial score (nSPS) is 17.8. The smallest absolute Gasteiger partial charge is 0.251 e. The van der Waals surface area contributed by atoms with Gasteiger partial charge in [-0.3, -0.25) is 19.3 Å². The third-order valence-electron chi connectivity index (χ3n) is 4.52. The average Bonchev–Trinajstić information content (AvgIpc) is 3.26. The maximum atomic E-state index is 13.5. The molecule has 1 aromatic heterocycles. The van der Waals surface area contributed by atoms with Crippen molar-refractivity contribution in [2.24, 2.45) is 5.92 Å². The molecule has 0 aliphatic carbocycles. The fourth-order valence-electron chi connectivity index (χ4n) is 3.27. The summed E-state index contributed by atoms with van der Waals surface area (Å²) in [5.41, 5.74) is 0.103. The maximum Gasteiger partial charge on any atom is 0.251 e. The fourth-order valence-corrected chi connectivity index (χ4v) is 4.24. The topological polar surface area (TPSA) is 79.6 Å². The lowest BCUT2D eigenvalue weighted by atomic mass is 10.0. The van der Waals surface area contributed by atoms with E-state index in [-0.39, 0.29) is 23.4 Å². The minimum Gasteiger partial charge on any atom is -0.464 e. The van der Waals surface area contributed by atoms with Crippen LogP contribution in [0.3, 0.4) is 0 Å². The molecule has 29 heavy (non-hydrogen) atoms. The Hall–Kier alpha value is -2.54. The Bertz CT molecular complexity index is 901. The number of para-hydroxylation sites is 1. The van der Waals surface area contributed by atoms with Gasteiger partial charge in [-0.15, -0.1) is 0 Å². The van der Waals surface area contributed by atoms with E-state index in [1.54, 1.807) is 31.2 Å². The monoisotopic (exact) mass is 414 g/mol. The maximum absolute atomic E-state index is 13.5. The summed E-state index contributed by atoms with van der Waals surface area (Å²) in [7, 11) is 0. The van der Waals surface area contributed by atoms with Crippen LogP contribution in [0.1, 0.15) is 44.8 Å². The van der Waals surface area contributed by atoms with Crippen LogP contribution in [-0.4, -0.2) is 28.2 Å². The van der Waals surface area contributed by atoms with E-state index >= 15 is 0 Å². The van der Waals surface area contributed by atoms with E-state index in [1.165, 1.54) is 16.7 Å². The molecule has 7 heteroatoms. The number of nitrogens with one attached hydrogen (secondary N) is 1. The molecular weight excluding hydrogens is 388 g/mol. The number of furan rings is 1. The molecule has 1 aliphatic rings. The van der Waals surface area contributed by atoms with Crippen molar-refractivity contribution in [3.05, 3.63) is 54.0 Å². The lowest BCUT2D eigenvalue weighted by molar-refractivity contribution is -0.129. The van der Waals surface area contributed by atoms with Gasteiger partial charge in [0.15, 0.2) is 11.2 Å². The summed E-state index contributed by atoms with van der Waals surface area (Å²) in [4.78, 5) is 40.1. The van der Waals surface area contributed by atoms with Crippen molar-refractivity contribution in [1.29, 1.82) is 0 Å². The first kappa shape index (κ1) is 21.2. The molecule has 1 fully saturated rings. The van der Waals surface area contributed by atoms with Crippen molar-refractivity contribution in [2.75, 3.05) is 10.7 Å². The highest BCUT2D eigenvalue weighted by Gasteiger charge is 2.41. The number of thioether (sulfide) groups is 1. The molecule has 0 spiro atoms. The van der Waals surface area contributed by atoms with Gasteiger partial charge in [0.25, 0.3) is 5.91 Å². The number of benzene rings is 1. The van der Waals surface area contributed by atoms with E-state index in [4.69, 9.17) is 4.42 Å². The summed E-state index contributed by atoms with van der Waals surface area (Å²) in [6, 6.07) is 11.6. The first-order valence-electron chi connectivity index (χ1n) is 9.58. The molecule has 6 nitrogen and oxygen atoms in total. The van der Waals surface area contributed by atoms with Crippen LogP contribution in [0.2, 0.25) is 0 Å². The Labute approximate surface area is 175 Å². The first-order valence-corrected chi connectivity index (χ1v) is 10.6. The van der Waals surface area contributed by atoms with E-state index in [9.17, 15) is 14.4 Å². The van der Waals surface area contributed by atoms with Gasteiger partial charge in [-0.2, -0.15) is 0 Å². The van der Waals surface area contributed by atoms with Gasteiger partial charge in [-0.1, -0.05) is 30.0 Å². The van der Waals surface area contributed by atoms with Crippen molar-refractivity contribution in [2.45, 2.75) is 45.7 Å². The Balaban J connectivity index is 2.08. The summed E-state index contributed by atoms with van der Waals surface area (Å²) in [6.45, 7) is 7.45. The zero-order valence-corrected chi connectivity index (χ0v) is 17.9. The van der Waals surface area contributed by atoms with Crippen LogP contribution in [0.4, 0.5) is 5.69 Å². The van der Waals surface area contributed by atoms with Crippen LogP contribution in [0.15, 0.2) is 46.9 Å². The lowest BCUT2D eigenvalue weighted by Gasteiger charge is -2.33. The lowest BCUT2D eigenvalue weighted by Crippen LogP contribution is -2.50. The first-order chi connectivity index (χ1) is 13.7. The zero-order chi connectivity index (χ0) is 21.2. The molecule has 0 bridgehead atoms. The second-order valence-corrected chi connectivity index (χ2v) is 9.30. The molecule has 2 heterocycles. The number of anilines is 1. The number of nitrogens with zero attached hydrogens (tertiary/aromatic N) is 1. The number of carbonyl (C=O) groups excluding carboxylic acids is 3. The van der Waals surface area contributed by atoms with Crippen molar-refractivity contribution < 1.29 is 18.8 Å². The van der Waals surface area contributed by atoms with E-state index in [2.05, 4.69) is 5.32 Å². The Morgan fingerprint density at radius 2 is 1.86 bits per heavy atom. The number of hydrogen-bond donors (Lipinski definition) is 1. The second kappa shape index (κ2) is 8.45. The van der Waals surface area contributed by atoms with Crippen LogP contribution in [0.5, 0.6) is 0 Å². The van der Waals surface area contributed by atoms with Crippen molar-refractivity contribution in [3.8, 4) is 0 Å². The summed E-state index contributed by atoms with van der Waals surface area (Å²) >= 11 is 1.17. The molecule has 2 atom stereocenters. The van der Waals surface area contributed by atoms with Crippen LogP contribution >= 0.6 is 11.8 Å². The molecule has 2 amide bonds. The van der Waals surface area contributed by atoms with Crippen molar-refractivity contribution in [3.63, 3.8) is 0 Å². The highest BCUT2D eigenvalue weighted by Crippen LogP contribution is 2.34. The van der Waals surface area contributed by atoms with Crippen LogP contribution in [0, 0.1) is 12.8 Å². The van der Waals surface area contributed by atoms with Gasteiger partial charge in [-0.05, 0) is 52.0 Å². The molecule has 1 saturated heterocycles. The molecule has 3 rings (SSSR count). The Morgan fingerprint density at radius 3 is 2.38 bits per heavy atom. The molecule has 1 aromatic carbocycles. The van der Waals surface area contributed by atoms with Gasteiger partial charge >= 0.3 is 0 Å². The number of amides is 2. The molecule has 2 aromatic rings. The number of carbonyl (C=O) groups is 3. The number of rotatable bonds is 5. The zero-order valence-electron chi connectivity index (χ0n) is 17.1. The average molecular weight is 415 g/mol. The summed E-state index contributed by atoms with van der Waals surface area (Å²) in [5.74, 6) is 0.414. The highest BCUT2D eigenvalue weighted by atomic mass is 32.2. The van der Waals surface area contributed by atoms with E-state index in [0.717, 1.165) is 0 Å². The van der Waals surface area contributed by atoms with E-state index in [0.29, 0.717) is 23.0 Å². The Kier molecular flexibility index (Phi) is 6.17. The van der Waals surface area contributed by atoms with E-state index in [1.807, 2.05) is 39.0 Å². The van der Waals surface area contributed by atoms with Gasteiger partial charge in [0.2, 0.25) is 5.91 Å². The predicted molar refractivity (Wildman–Crippen MR) is 114 cm³/mol. The minimum atomic E-state index is -0.974. The second-order valence-electron chi connectivity index (χ2n) is 8.22. The van der Waals surface area contributed by atoms with Crippen molar-refractivity contribution >= 4 is 34.4 Å². The van der Waals surface area contributed by atoms with Gasteiger partial charge in [-0.25, -0.2) is 0 Å². The van der Waals surface area contributed by atoms with Crippen molar-refractivity contribution in [1.82, 2.24) is 5.32 Å². The Morgan fingerprint density at radius 1 is 1.17 bits per heavy atom. The number of hydrogen-bond acceptors (Lipinski definition) is 5. The third kappa shape index (κ3) is 5.09. The summed E-state index contributed by atoms with van der Waals surface area (Å²) < 4.78 is 5.79. The number of aryl methyl sites for hydroxylation is 1. The quantitative estimate of drug-likeness (QED) is 0.804. The van der Waals surface area contributed by atoms with Gasteiger partial charge in [0, 0.05) is 23.4 Å². The van der Waals surface area contributed by atoms with Gasteiger partial charge in [0.05, 0.1) is 5.92 Å². The summed E-state index contributed by atoms with van der Waals surface area (Å²) in [6.07, 6.45) is 0.178. The third-order valence-corrected chi connectivity index (χ3v) is 5.57. The molecular formula is C22H26N2O4S. The molecule has 1 N–H and O–H groups in total. The van der Waals surface area contributed by atoms with Gasteiger partial charge < -0.3 is 9.73 Å². The molecule has 1 aliphatic heterocycles. The highest BCUT2D eigenvalue weighted by molar-refractivity contribution is 8.14. The minimum absolute atomic E-state index is 0.000831. The SMILES string of the molecule is Cc1ccc([C@@H](C(=O)NC(C)(C)C)N(C(=O)[C@@H]2CSC(=O)C2)c2ccccc2)o1. The van der Waals surface area contributed by atoms with Gasteiger partial charge in [0.1, 0.15) is 11.5 Å². The largest absolute Gasteiger partial charge is 0.464 e. The molecule has 0 saturated carbocycles. The van der Waals surface area contributed by atoms with Crippen LogP contribution in [0.25, 0.3) is 0 Å². The molecule has 0 radical (unpaired) electrons. The fraction of sp³-hybridized carbons (Fsp3) is 0.409. The van der Waals surface area contributed by atoms with Crippen LogP contribution < -0.4 is 10.2 Å². The van der Waals surface area contributed by atoms with Crippen LogP contribution in [-0.2, 0) is 14.4 Å². The standard InChI is InChI=1S/C22H26N2O4S/c1-14-10-11-17(28-14)19(20(26)23-22(2,3)4)24(16-8-6-5-7-9-16)21(27)15-12-18(25)29-13-15/h5-11,15,19H,12-13H2,1-4H3,(H,23,26)/t15-,19-/m0/s1. The summed E-state index contributed by atoms with van der Waals surface area (Å²) in [5, 5.41) is 2.97. The molecule has 154 valence electrons. The predicted octanol–water partition coefficient (Wildman–Crippen LogP) is 3.86. The van der Waals surface area contributed by atoms with E-state index < -0.39 is 17.5 Å².